The van der Waals surface area contributed by atoms with Crippen LogP contribution in [0.2, 0.25) is 18.1 Å². The molecular weight excluding hydrogens is 852 g/mol. The van der Waals surface area contributed by atoms with Crippen molar-refractivity contribution in [2.45, 2.75) is 156 Å². The molecule has 314 valence electrons. The fourth-order valence-electron chi connectivity index (χ4n) is 7.09. The first-order valence-electron chi connectivity index (χ1n) is 20.8. The summed E-state index contributed by atoms with van der Waals surface area (Å²) in [6.45, 7) is 30.0. The Kier molecular flexibility index (Phi) is 14.0. The molecule has 1 saturated carbocycles. The van der Waals surface area contributed by atoms with Crippen molar-refractivity contribution in [2.24, 2.45) is 7.05 Å². The lowest BCUT2D eigenvalue weighted by Gasteiger charge is -2.38. The summed E-state index contributed by atoms with van der Waals surface area (Å²) >= 11 is 2.40. The molecule has 1 aliphatic carbocycles. The zero-order chi connectivity index (χ0) is 41.2. The number of fused-ring (bicyclic) bond motifs is 1. The van der Waals surface area contributed by atoms with Crippen LogP contribution in [0.5, 0.6) is 11.8 Å². The number of halogens is 1. The van der Waals surface area contributed by atoms with Gasteiger partial charge in [-0.25, -0.2) is 14.3 Å². The summed E-state index contributed by atoms with van der Waals surface area (Å²) in [7, 11) is -0.0310. The lowest BCUT2D eigenvalue weighted by molar-refractivity contribution is -0.0370. The van der Waals surface area contributed by atoms with Crippen LogP contribution in [-0.2, 0) is 40.6 Å². The smallest absolute Gasteiger partial charge is 0.246 e. The normalized spacial score (nSPS) is 17.8. The first-order valence-corrected chi connectivity index (χ1v) is 24.8. The van der Waals surface area contributed by atoms with Gasteiger partial charge in [0.15, 0.2) is 20.2 Å². The molecule has 1 unspecified atom stereocenters. The van der Waals surface area contributed by atoms with E-state index in [1.54, 1.807) is 6.08 Å². The van der Waals surface area contributed by atoms with E-state index in [2.05, 4.69) is 99.5 Å². The van der Waals surface area contributed by atoms with E-state index in [1.165, 1.54) is 0 Å². The molecule has 4 aromatic heterocycles. The lowest BCUT2D eigenvalue weighted by Crippen LogP contribution is -2.44. The first-order chi connectivity index (χ1) is 27.0. The molecule has 1 saturated heterocycles. The average molecular weight is 917 g/mol. The Morgan fingerprint density at radius 3 is 2.46 bits per heavy atom. The molecule has 15 heteroatoms. The van der Waals surface area contributed by atoms with Crippen LogP contribution in [0.3, 0.4) is 0 Å². The van der Waals surface area contributed by atoms with Gasteiger partial charge in [0.1, 0.15) is 11.8 Å². The SMILES string of the molecule is C=Cc1nn(C2CCCCO2)c2ncc(-c3c(COC4CC4)nn(C)c3O[C@@H](C)CN(CC)Cc3c(I)c(OC(C)C)nn3C[C@H](C)O[Si](C)(C)C(C)(C)C)cc12. The molecule has 6 rings (SSSR count). The zero-order valence-corrected chi connectivity index (χ0v) is 39.3. The summed E-state index contributed by atoms with van der Waals surface area (Å²) in [6, 6.07) is 2.13. The Morgan fingerprint density at radius 1 is 1.07 bits per heavy atom. The minimum absolute atomic E-state index is 0.00266. The summed E-state index contributed by atoms with van der Waals surface area (Å²) in [5.41, 5.74) is 5.29. The quantitative estimate of drug-likeness (QED) is 0.0667. The molecule has 3 atom stereocenters. The predicted octanol–water partition coefficient (Wildman–Crippen LogP) is 9.14. The molecule has 0 bridgehead atoms. The largest absolute Gasteiger partial charge is 0.473 e. The Balaban J connectivity index is 1.26. The van der Waals surface area contributed by atoms with E-state index < -0.39 is 8.32 Å². The predicted molar refractivity (Wildman–Crippen MR) is 236 cm³/mol. The van der Waals surface area contributed by atoms with E-state index in [4.69, 9.17) is 43.7 Å². The summed E-state index contributed by atoms with van der Waals surface area (Å²) in [5, 5.41) is 15.9. The van der Waals surface area contributed by atoms with Gasteiger partial charge in [-0.15, -0.1) is 5.10 Å². The number of nitrogens with zero attached hydrogens (tertiary/aromatic N) is 8. The van der Waals surface area contributed by atoms with Gasteiger partial charge in [-0.2, -0.15) is 10.2 Å². The fraction of sp³-hybridized carbons (Fsp3) is 0.667. The van der Waals surface area contributed by atoms with E-state index in [9.17, 15) is 0 Å². The number of hydrogen-bond acceptors (Lipinski definition) is 10. The van der Waals surface area contributed by atoms with Gasteiger partial charge in [0.25, 0.3) is 0 Å². The molecule has 2 aliphatic rings. The van der Waals surface area contributed by atoms with Gasteiger partial charge in [-0.3, -0.25) is 9.58 Å². The van der Waals surface area contributed by atoms with Gasteiger partial charge < -0.3 is 23.4 Å². The average Bonchev–Trinajstić information content (AvgIpc) is 3.76. The lowest BCUT2D eigenvalue weighted by atomic mass is 10.1. The van der Waals surface area contributed by atoms with Gasteiger partial charge >= 0.3 is 0 Å². The number of hydrogen-bond donors (Lipinski definition) is 0. The van der Waals surface area contributed by atoms with Gasteiger partial charge in [-0.1, -0.05) is 34.3 Å². The van der Waals surface area contributed by atoms with Crippen LogP contribution in [0.25, 0.3) is 28.2 Å². The number of ether oxygens (including phenoxy) is 4. The van der Waals surface area contributed by atoms with Crippen LogP contribution in [-0.4, -0.2) is 91.7 Å². The summed E-state index contributed by atoms with van der Waals surface area (Å²) in [4.78, 5) is 7.38. The van der Waals surface area contributed by atoms with Crippen molar-refractivity contribution >= 4 is 48.0 Å². The molecule has 57 heavy (non-hydrogen) atoms. The fourth-order valence-corrected chi connectivity index (χ4v) is 9.21. The van der Waals surface area contributed by atoms with Crippen molar-refractivity contribution in [1.82, 2.24) is 39.2 Å². The van der Waals surface area contributed by atoms with Gasteiger partial charge in [0, 0.05) is 43.9 Å². The van der Waals surface area contributed by atoms with Crippen molar-refractivity contribution in [3.8, 4) is 22.9 Å². The second-order valence-corrected chi connectivity index (χ2v) is 23.4. The van der Waals surface area contributed by atoms with Crippen molar-refractivity contribution < 1.29 is 23.4 Å². The highest BCUT2D eigenvalue weighted by Crippen LogP contribution is 2.39. The summed E-state index contributed by atoms with van der Waals surface area (Å²) in [6.07, 6.45) is 8.92. The highest BCUT2D eigenvalue weighted by Gasteiger charge is 2.39. The summed E-state index contributed by atoms with van der Waals surface area (Å²) < 4.78 is 39.1. The molecule has 2 fully saturated rings. The zero-order valence-electron chi connectivity index (χ0n) is 36.1. The first kappa shape index (κ1) is 43.7. The third kappa shape index (κ3) is 10.3. The highest BCUT2D eigenvalue weighted by atomic mass is 127. The van der Waals surface area contributed by atoms with Crippen molar-refractivity contribution in [3.63, 3.8) is 0 Å². The number of rotatable bonds is 19. The van der Waals surface area contributed by atoms with Crippen LogP contribution in [0, 0.1) is 3.57 Å². The maximum atomic E-state index is 6.89. The molecule has 0 N–H and O–H groups in total. The van der Waals surface area contributed by atoms with E-state index in [0.717, 1.165) is 88.1 Å². The maximum absolute atomic E-state index is 6.89. The minimum atomic E-state index is -1.97. The number of aromatic nitrogens is 7. The topological polar surface area (TPSA) is 116 Å². The molecule has 5 heterocycles. The monoisotopic (exact) mass is 916 g/mol. The standard InChI is InChI=1S/C42H65IN8O5Si/c1-13-33-32-21-30(22-44-39(32)51(46-33)36-17-15-16-20-52-36)37-34(26-53-31-18-19-31)45-48(10)41(37)55-28(5)23-49(14-2)25-35-38(43)40(54-27(3)4)47-50(35)24-29(6)56-57(11,12)42(7,8)9/h13,21-22,27-29,31,36H,1,14-20,23-26H2,2-12H3/t28-,29-,36?/m0/s1. The Bertz CT molecular complexity index is 1990. The van der Waals surface area contributed by atoms with E-state index in [-0.39, 0.29) is 35.7 Å². The van der Waals surface area contributed by atoms with Crippen LogP contribution >= 0.6 is 22.6 Å². The number of likely N-dealkylation sites (N-methyl/N-ethyl adjacent to an activating group) is 1. The van der Waals surface area contributed by atoms with Crippen LogP contribution in [0.15, 0.2) is 18.8 Å². The molecule has 4 aromatic rings. The Labute approximate surface area is 354 Å². The second kappa shape index (κ2) is 18.2. The van der Waals surface area contributed by atoms with Crippen LogP contribution < -0.4 is 9.47 Å². The molecule has 0 radical (unpaired) electrons. The Morgan fingerprint density at radius 2 is 1.82 bits per heavy atom. The molecule has 0 aromatic carbocycles. The van der Waals surface area contributed by atoms with E-state index in [0.29, 0.717) is 38.0 Å². The minimum Gasteiger partial charge on any atom is -0.473 e. The van der Waals surface area contributed by atoms with Crippen LogP contribution in [0.1, 0.15) is 111 Å². The second-order valence-electron chi connectivity index (χ2n) is 17.6. The summed E-state index contributed by atoms with van der Waals surface area (Å²) in [5.74, 6) is 1.35. The van der Waals surface area contributed by atoms with Crippen molar-refractivity contribution in [2.75, 3.05) is 19.7 Å². The van der Waals surface area contributed by atoms with Crippen molar-refractivity contribution in [3.05, 3.63) is 39.5 Å². The van der Waals surface area contributed by atoms with Crippen LogP contribution in [0.4, 0.5) is 0 Å². The molecular formula is C42H65IN8O5Si. The highest BCUT2D eigenvalue weighted by molar-refractivity contribution is 14.1. The third-order valence-corrected chi connectivity index (χ3v) is 16.9. The molecule has 0 spiro atoms. The molecule has 13 nitrogen and oxygen atoms in total. The number of aryl methyl sites for hydroxylation is 1. The van der Waals surface area contributed by atoms with Crippen molar-refractivity contribution in [1.29, 1.82) is 0 Å². The van der Waals surface area contributed by atoms with Gasteiger partial charge in [0.2, 0.25) is 11.8 Å². The Hall–Kier alpha value is -2.83. The molecule has 0 amide bonds. The van der Waals surface area contributed by atoms with E-state index >= 15 is 0 Å². The van der Waals surface area contributed by atoms with Gasteiger partial charge in [0.05, 0.1) is 52.0 Å². The van der Waals surface area contributed by atoms with Gasteiger partial charge in [-0.05, 0) is 119 Å². The molecule has 1 aliphatic heterocycles. The maximum Gasteiger partial charge on any atom is 0.246 e. The van der Waals surface area contributed by atoms with E-state index in [1.807, 2.05) is 36.5 Å². The third-order valence-electron chi connectivity index (χ3n) is 11.2. The number of pyridine rings is 1.